The summed E-state index contributed by atoms with van der Waals surface area (Å²) >= 11 is 11.8. The smallest absolute Gasteiger partial charge is 0.156 e. The minimum Gasteiger partial charge on any atom is -0.490 e. The van der Waals surface area contributed by atoms with Gasteiger partial charge in [0.05, 0.1) is 16.7 Å². The Bertz CT molecular complexity index is 357. The molecule has 15 heavy (non-hydrogen) atoms. The number of halogens is 2. The summed E-state index contributed by atoms with van der Waals surface area (Å²) in [5, 5.41) is 4.34. The van der Waals surface area contributed by atoms with Crippen molar-refractivity contribution in [1.29, 1.82) is 0 Å². The van der Waals surface area contributed by atoms with E-state index < -0.39 is 0 Å². The van der Waals surface area contributed by atoms with Gasteiger partial charge in [-0.2, -0.15) is 0 Å². The number of benzene rings is 1. The average molecular weight is 246 g/mol. The highest BCUT2D eigenvalue weighted by molar-refractivity contribution is 6.37. The van der Waals surface area contributed by atoms with Gasteiger partial charge in [0.25, 0.3) is 0 Å². The Hall–Kier alpha value is -1.09. The molecule has 0 aliphatic carbocycles. The van der Waals surface area contributed by atoms with Gasteiger partial charge in [-0.05, 0) is 24.1 Å². The maximum Gasteiger partial charge on any atom is 0.156 e. The first-order valence-electron chi connectivity index (χ1n) is 4.33. The van der Waals surface area contributed by atoms with E-state index in [0.717, 1.165) is 0 Å². The van der Waals surface area contributed by atoms with E-state index in [1.54, 1.807) is 18.2 Å². The molecule has 0 radical (unpaired) electrons. The Kier molecular flexibility index (Phi) is 5.12. The Morgan fingerprint density at radius 3 is 2.60 bits per heavy atom. The molecule has 0 N–H and O–H groups in total. The summed E-state index contributed by atoms with van der Waals surface area (Å²) in [7, 11) is 0. The van der Waals surface area contributed by atoms with Crippen LogP contribution in [0.3, 0.4) is 0 Å². The van der Waals surface area contributed by atoms with Crippen LogP contribution < -0.4 is 4.74 Å². The fraction of sp³-hybridized carbons (Fsp3) is 0.333. The SMILES string of the molecule is [N-]=[N+]=NCCCOc1c(Cl)cccc1Cl. The van der Waals surface area contributed by atoms with Crippen molar-refractivity contribution < 1.29 is 4.74 Å². The number of hydrogen-bond donors (Lipinski definition) is 0. The molecule has 0 saturated heterocycles. The highest BCUT2D eigenvalue weighted by Gasteiger charge is 2.05. The number of azide groups is 1. The molecule has 0 bridgehead atoms. The van der Waals surface area contributed by atoms with Crippen LogP contribution in [0.2, 0.25) is 10.0 Å². The van der Waals surface area contributed by atoms with E-state index in [-0.39, 0.29) is 0 Å². The highest BCUT2D eigenvalue weighted by atomic mass is 35.5. The first-order chi connectivity index (χ1) is 7.25. The molecule has 0 aliphatic heterocycles. The molecule has 6 heteroatoms. The summed E-state index contributed by atoms with van der Waals surface area (Å²) in [6, 6.07) is 5.16. The maximum absolute atomic E-state index is 8.05. The van der Waals surface area contributed by atoms with Crippen molar-refractivity contribution in [2.24, 2.45) is 5.11 Å². The van der Waals surface area contributed by atoms with E-state index in [2.05, 4.69) is 10.0 Å². The van der Waals surface area contributed by atoms with Gasteiger partial charge in [0.1, 0.15) is 0 Å². The number of ether oxygens (including phenoxy) is 1. The molecule has 0 unspecified atom stereocenters. The third kappa shape index (κ3) is 3.88. The van der Waals surface area contributed by atoms with Crippen LogP contribution in [0, 0.1) is 0 Å². The quantitative estimate of drug-likeness (QED) is 0.334. The maximum atomic E-state index is 8.05. The first kappa shape index (κ1) is 12.0. The zero-order valence-corrected chi connectivity index (χ0v) is 9.37. The van der Waals surface area contributed by atoms with Crippen LogP contribution in [0.15, 0.2) is 23.3 Å². The lowest BCUT2D eigenvalue weighted by Gasteiger charge is -2.08. The predicted molar refractivity (Wildman–Crippen MR) is 60.6 cm³/mol. The molecular weight excluding hydrogens is 237 g/mol. The van der Waals surface area contributed by atoms with Gasteiger partial charge in [-0.25, -0.2) is 0 Å². The van der Waals surface area contributed by atoms with Crippen LogP contribution in [-0.2, 0) is 0 Å². The zero-order chi connectivity index (χ0) is 11.1. The van der Waals surface area contributed by atoms with Crippen molar-refractivity contribution in [3.63, 3.8) is 0 Å². The van der Waals surface area contributed by atoms with Crippen molar-refractivity contribution in [1.82, 2.24) is 0 Å². The molecule has 1 rings (SSSR count). The zero-order valence-electron chi connectivity index (χ0n) is 7.86. The van der Waals surface area contributed by atoms with Crippen LogP contribution in [-0.4, -0.2) is 13.2 Å². The number of para-hydroxylation sites is 1. The van der Waals surface area contributed by atoms with Gasteiger partial charge >= 0.3 is 0 Å². The van der Waals surface area contributed by atoms with E-state index >= 15 is 0 Å². The molecule has 1 aromatic carbocycles. The normalized spacial score (nSPS) is 9.47. The summed E-state index contributed by atoms with van der Waals surface area (Å²) < 4.78 is 5.37. The van der Waals surface area contributed by atoms with Gasteiger partial charge in [0.15, 0.2) is 5.75 Å². The van der Waals surface area contributed by atoms with Crippen molar-refractivity contribution in [2.45, 2.75) is 6.42 Å². The molecule has 0 saturated carbocycles. The lowest BCUT2D eigenvalue weighted by Crippen LogP contribution is -1.99. The largest absolute Gasteiger partial charge is 0.490 e. The Balaban J connectivity index is 2.46. The fourth-order valence-electron chi connectivity index (χ4n) is 0.975. The van der Waals surface area contributed by atoms with Gasteiger partial charge < -0.3 is 4.74 Å². The summed E-state index contributed by atoms with van der Waals surface area (Å²) in [4.78, 5) is 2.63. The van der Waals surface area contributed by atoms with Gasteiger partial charge in [-0.15, -0.1) is 0 Å². The molecule has 0 aromatic heterocycles. The third-order valence-electron chi connectivity index (χ3n) is 1.63. The molecule has 1 aromatic rings. The van der Waals surface area contributed by atoms with Crippen LogP contribution in [0.5, 0.6) is 5.75 Å². The molecule has 0 aliphatic rings. The Morgan fingerprint density at radius 1 is 1.33 bits per heavy atom. The molecule has 0 spiro atoms. The molecular formula is C9H9Cl2N3O. The van der Waals surface area contributed by atoms with E-state index in [1.807, 2.05) is 0 Å². The number of hydrogen-bond acceptors (Lipinski definition) is 2. The standard InChI is InChI=1S/C9H9Cl2N3O/c10-7-3-1-4-8(11)9(7)15-6-2-5-13-14-12/h1,3-4H,2,5-6H2. The van der Waals surface area contributed by atoms with Crippen LogP contribution >= 0.6 is 23.2 Å². The van der Waals surface area contributed by atoms with Crippen molar-refractivity contribution in [3.8, 4) is 5.75 Å². The second kappa shape index (κ2) is 6.40. The van der Waals surface area contributed by atoms with Crippen LogP contribution in [0.4, 0.5) is 0 Å². The van der Waals surface area contributed by atoms with Gasteiger partial charge in [-0.3, -0.25) is 0 Å². The molecule has 0 heterocycles. The van der Waals surface area contributed by atoms with Crippen molar-refractivity contribution in [3.05, 3.63) is 38.7 Å². The second-order valence-corrected chi connectivity index (χ2v) is 3.52. The number of nitrogens with zero attached hydrogens (tertiary/aromatic N) is 3. The van der Waals surface area contributed by atoms with Crippen molar-refractivity contribution >= 4 is 23.2 Å². The fourth-order valence-corrected chi connectivity index (χ4v) is 1.48. The average Bonchev–Trinajstić information content (AvgIpc) is 2.21. The van der Waals surface area contributed by atoms with E-state index in [9.17, 15) is 0 Å². The Labute approximate surface area is 97.4 Å². The summed E-state index contributed by atoms with van der Waals surface area (Å²) in [5.74, 6) is 0.474. The minimum absolute atomic E-state index is 0.401. The monoisotopic (exact) mass is 245 g/mol. The van der Waals surface area contributed by atoms with Gasteiger partial charge in [-0.1, -0.05) is 34.4 Å². The van der Waals surface area contributed by atoms with Gasteiger partial charge in [0.2, 0.25) is 0 Å². The minimum atomic E-state index is 0.401. The van der Waals surface area contributed by atoms with E-state index in [1.165, 1.54) is 0 Å². The van der Waals surface area contributed by atoms with Crippen LogP contribution in [0.25, 0.3) is 10.4 Å². The van der Waals surface area contributed by atoms with Crippen molar-refractivity contribution in [2.75, 3.05) is 13.2 Å². The number of rotatable bonds is 5. The molecule has 0 amide bonds. The van der Waals surface area contributed by atoms with Gasteiger partial charge in [0, 0.05) is 11.5 Å². The molecule has 80 valence electrons. The lowest BCUT2D eigenvalue weighted by atomic mass is 10.3. The summed E-state index contributed by atoms with van der Waals surface area (Å²) in [6.45, 7) is 0.820. The second-order valence-electron chi connectivity index (χ2n) is 2.71. The molecule has 0 fully saturated rings. The van der Waals surface area contributed by atoms with Crippen LogP contribution in [0.1, 0.15) is 6.42 Å². The summed E-state index contributed by atoms with van der Waals surface area (Å²) in [5.41, 5.74) is 8.05. The highest BCUT2D eigenvalue weighted by Crippen LogP contribution is 2.32. The topological polar surface area (TPSA) is 58.0 Å². The first-order valence-corrected chi connectivity index (χ1v) is 5.09. The summed E-state index contributed by atoms with van der Waals surface area (Å²) in [6.07, 6.45) is 0.631. The Morgan fingerprint density at radius 2 is 2.00 bits per heavy atom. The van der Waals surface area contributed by atoms with E-state index in [0.29, 0.717) is 35.4 Å². The predicted octanol–water partition coefficient (Wildman–Crippen LogP) is 4.07. The third-order valence-corrected chi connectivity index (χ3v) is 2.23. The van der Waals surface area contributed by atoms with E-state index in [4.69, 9.17) is 33.5 Å². The molecule has 0 atom stereocenters. The lowest BCUT2D eigenvalue weighted by molar-refractivity contribution is 0.314. The molecule has 4 nitrogen and oxygen atoms in total.